The molecule has 0 N–H and O–H groups in total. The lowest BCUT2D eigenvalue weighted by molar-refractivity contribution is 0.252. The van der Waals surface area contributed by atoms with Gasteiger partial charge in [-0.25, -0.2) is 4.98 Å². The van der Waals surface area contributed by atoms with Gasteiger partial charge in [0.15, 0.2) is 0 Å². The molecule has 0 saturated heterocycles. The molecule has 3 heterocycles. The number of fused-ring (bicyclic) bond motifs is 1. The maximum Gasteiger partial charge on any atom is 0.138 e. The Morgan fingerprint density at radius 2 is 1.83 bits per heavy atom. The molecule has 3 aromatic heterocycles. The van der Waals surface area contributed by atoms with Gasteiger partial charge < -0.3 is 4.40 Å². The van der Waals surface area contributed by atoms with Crippen LogP contribution in [0, 0.1) is 25.2 Å². The zero-order chi connectivity index (χ0) is 17.6. The van der Waals surface area contributed by atoms with Gasteiger partial charge in [-0.05, 0) is 54.3 Å². The standard InChI is InChI=1S/C21H28N2S/c1-13(2)18(21(5,6)7)20-19(16-8-9-24-12-16)22-17-11-14(3)10-15(4)23(17)20/h8-13,18H,1-7H3. The second kappa shape index (κ2) is 6.03. The van der Waals surface area contributed by atoms with Crippen LogP contribution in [0.25, 0.3) is 16.9 Å². The predicted octanol–water partition coefficient (Wildman–Crippen LogP) is 6.47. The summed E-state index contributed by atoms with van der Waals surface area (Å²) >= 11 is 1.74. The summed E-state index contributed by atoms with van der Waals surface area (Å²) in [6, 6.07) is 6.65. The molecule has 0 saturated carbocycles. The highest BCUT2D eigenvalue weighted by Gasteiger charge is 2.34. The maximum absolute atomic E-state index is 5.06. The summed E-state index contributed by atoms with van der Waals surface area (Å²) in [5.74, 6) is 0.979. The van der Waals surface area contributed by atoms with Crippen LogP contribution >= 0.6 is 11.3 Å². The van der Waals surface area contributed by atoms with Gasteiger partial charge in [0.2, 0.25) is 0 Å². The first-order valence-corrected chi connectivity index (χ1v) is 9.66. The second-order valence-corrected chi connectivity index (χ2v) is 9.09. The van der Waals surface area contributed by atoms with Gasteiger partial charge >= 0.3 is 0 Å². The molecule has 0 aromatic carbocycles. The van der Waals surface area contributed by atoms with Crippen molar-refractivity contribution in [1.29, 1.82) is 0 Å². The summed E-state index contributed by atoms with van der Waals surface area (Å²) in [5, 5.41) is 4.36. The van der Waals surface area contributed by atoms with E-state index in [9.17, 15) is 0 Å². The van der Waals surface area contributed by atoms with Crippen molar-refractivity contribution in [2.75, 3.05) is 0 Å². The molecular formula is C21H28N2S. The number of pyridine rings is 1. The lowest BCUT2D eigenvalue weighted by Gasteiger charge is -2.34. The normalized spacial score (nSPS) is 13.8. The smallest absolute Gasteiger partial charge is 0.138 e. The molecule has 0 radical (unpaired) electrons. The summed E-state index contributed by atoms with van der Waals surface area (Å²) in [4.78, 5) is 5.06. The maximum atomic E-state index is 5.06. The molecule has 3 aromatic rings. The number of aromatic nitrogens is 2. The minimum atomic E-state index is 0.173. The van der Waals surface area contributed by atoms with Crippen LogP contribution < -0.4 is 0 Å². The first-order chi connectivity index (χ1) is 11.2. The predicted molar refractivity (Wildman–Crippen MR) is 105 cm³/mol. The molecule has 3 heteroatoms. The number of thiophene rings is 1. The third kappa shape index (κ3) is 2.90. The Morgan fingerprint density at radius 1 is 1.12 bits per heavy atom. The van der Waals surface area contributed by atoms with E-state index in [1.807, 2.05) is 0 Å². The highest BCUT2D eigenvalue weighted by molar-refractivity contribution is 7.08. The van der Waals surface area contributed by atoms with Crippen LogP contribution in [0.1, 0.15) is 57.5 Å². The van der Waals surface area contributed by atoms with Crippen molar-refractivity contribution in [3.8, 4) is 11.3 Å². The van der Waals surface area contributed by atoms with E-state index in [0.717, 1.165) is 11.3 Å². The van der Waals surface area contributed by atoms with Crippen molar-refractivity contribution in [3.05, 3.63) is 45.9 Å². The van der Waals surface area contributed by atoms with Crippen molar-refractivity contribution in [2.45, 2.75) is 54.4 Å². The number of nitrogens with zero attached hydrogens (tertiary/aromatic N) is 2. The molecule has 0 spiro atoms. The molecule has 1 atom stereocenters. The van der Waals surface area contributed by atoms with Crippen molar-refractivity contribution < 1.29 is 0 Å². The topological polar surface area (TPSA) is 17.3 Å². The van der Waals surface area contributed by atoms with E-state index in [4.69, 9.17) is 4.98 Å². The van der Waals surface area contributed by atoms with Gasteiger partial charge in [0.1, 0.15) is 5.65 Å². The van der Waals surface area contributed by atoms with Crippen LogP contribution in [0.5, 0.6) is 0 Å². The summed E-state index contributed by atoms with van der Waals surface area (Å²) in [5.41, 5.74) is 7.53. The van der Waals surface area contributed by atoms with E-state index >= 15 is 0 Å². The number of imidazole rings is 1. The third-order valence-electron chi connectivity index (χ3n) is 4.77. The second-order valence-electron chi connectivity index (χ2n) is 8.31. The van der Waals surface area contributed by atoms with Crippen LogP contribution in [0.3, 0.4) is 0 Å². The average molecular weight is 341 g/mol. The monoisotopic (exact) mass is 340 g/mol. The van der Waals surface area contributed by atoms with Gasteiger partial charge in [-0.1, -0.05) is 34.6 Å². The molecule has 0 fully saturated rings. The quantitative estimate of drug-likeness (QED) is 0.534. The van der Waals surface area contributed by atoms with Crippen LogP contribution in [0.15, 0.2) is 29.0 Å². The molecule has 0 aliphatic rings. The molecule has 0 bridgehead atoms. The molecule has 3 rings (SSSR count). The van der Waals surface area contributed by atoms with Crippen molar-refractivity contribution >= 4 is 17.0 Å². The molecule has 0 aliphatic carbocycles. The van der Waals surface area contributed by atoms with E-state index in [1.165, 1.54) is 22.5 Å². The molecule has 0 aliphatic heterocycles. The van der Waals surface area contributed by atoms with Crippen LogP contribution in [0.2, 0.25) is 0 Å². The van der Waals surface area contributed by atoms with E-state index in [2.05, 4.69) is 81.8 Å². The van der Waals surface area contributed by atoms with Gasteiger partial charge in [-0.2, -0.15) is 11.3 Å². The lowest BCUT2D eigenvalue weighted by atomic mass is 9.71. The average Bonchev–Trinajstić information content (AvgIpc) is 3.04. The molecule has 0 amide bonds. The number of hydrogen-bond donors (Lipinski definition) is 0. The van der Waals surface area contributed by atoms with Gasteiger partial charge in [-0.15, -0.1) is 0 Å². The minimum absolute atomic E-state index is 0.173. The third-order valence-corrected chi connectivity index (χ3v) is 5.46. The zero-order valence-electron chi connectivity index (χ0n) is 15.8. The van der Waals surface area contributed by atoms with E-state index < -0.39 is 0 Å². The molecule has 1 unspecified atom stereocenters. The summed E-state index contributed by atoms with van der Waals surface area (Å²) in [7, 11) is 0. The van der Waals surface area contributed by atoms with Gasteiger partial charge in [0.05, 0.1) is 11.4 Å². The molecular weight excluding hydrogens is 312 g/mol. The lowest BCUT2D eigenvalue weighted by Crippen LogP contribution is -2.25. The highest BCUT2D eigenvalue weighted by atomic mass is 32.1. The van der Waals surface area contributed by atoms with Gasteiger partial charge in [0.25, 0.3) is 0 Å². The van der Waals surface area contributed by atoms with Gasteiger partial charge in [0, 0.05) is 22.6 Å². The molecule has 128 valence electrons. The minimum Gasteiger partial charge on any atom is -0.300 e. The van der Waals surface area contributed by atoms with Crippen LogP contribution in [-0.2, 0) is 0 Å². The van der Waals surface area contributed by atoms with Crippen molar-refractivity contribution in [2.24, 2.45) is 11.3 Å². The Balaban J connectivity index is 2.41. The van der Waals surface area contributed by atoms with E-state index in [0.29, 0.717) is 11.8 Å². The SMILES string of the molecule is Cc1cc(C)n2c(C(C(C)C)C(C)(C)C)c(-c3ccsc3)nc2c1. The fourth-order valence-electron chi connectivity index (χ4n) is 4.18. The Hall–Kier alpha value is -1.61. The summed E-state index contributed by atoms with van der Waals surface area (Å²) < 4.78 is 2.38. The van der Waals surface area contributed by atoms with Crippen molar-refractivity contribution in [1.82, 2.24) is 9.38 Å². The first kappa shape index (κ1) is 17.2. The summed E-state index contributed by atoms with van der Waals surface area (Å²) in [6.07, 6.45) is 0. The van der Waals surface area contributed by atoms with Crippen molar-refractivity contribution in [3.63, 3.8) is 0 Å². The number of hydrogen-bond acceptors (Lipinski definition) is 2. The summed E-state index contributed by atoms with van der Waals surface area (Å²) in [6.45, 7) is 16.0. The Morgan fingerprint density at radius 3 is 2.38 bits per heavy atom. The largest absolute Gasteiger partial charge is 0.300 e. The Bertz CT molecular complexity index is 848. The highest BCUT2D eigenvalue weighted by Crippen LogP contribution is 2.45. The van der Waals surface area contributed by atoms with E-state index in [1.54, 1.807) is 11.3 Å². The van der Waals surface area contributed by atoms with E-state index in [-0.39, 0.29) is 5.41 Å². The van der Waals surface area contributed by atoms with Gasteiger partial charge in [-0.3, -0.25) is 0 Å². The molecule has 24 heavy (non-hydrogen) atoms. The first-order valence-electron chi connectivity index (χ1n) is 8.72. The fourth-order valence-corrected chi connectivity index (χ4v) is 4.82. The zero-order valence-corrected chi connectivity index (χ0v) is 16.7. The number of aryl methyl sites for hydroxylation is 2. The Labute approximate surface area is 149 Å². The fraction of sp³-hybridized carbons (Fsp3) is 0.476. The van der Waals surface area contributed by atoms with Crippen LogP contribution in [-0.4, -0.2) is 9.38 Å². The molecule has 2 nitrogen and oxygen atoms in total. The Kier molecular flexibility index (Phi) is 4.33. The van der Waals surface area contributed by atoms with Crippen LogP contribution in [0.4, 0.5) is 0 Å². The number of rotatable bonds is 3.